The summed E-state index contributed by atoms with van der Waals surface area (Å²) in [6.45, 7) is 4.80. The number of thioether (sulfide) groups is 1. The maximum absolute atomic E-state index is 12.2. The summed E-state index contributed by atoms with van der Waals surface area (Å²) in [7, 11) is -3.35. The molecule has 1 aromatic heterocycles. The Kier molecular flexibility index (Phi) is 5.53. The van der Waals surface area contributed by atoms with Gasteiger partial charge in [-0.3, -0.25) is 4.68 Å². The van der Waals surface area contributed by atoms with Crippen LogP contribution in [-0.2, 0) is 16.4 Å². The summed E-state index contributed by atoms with van der Waals surface area (Å²) in [6.07, 6.45) is 5.03. The quantitative estimate of drug-likeness (QED) is 0.582. The normalized spacial score (nSPS) is 15.9. The van der Waals surface area contributed by atoms with Gasteiger partial charge in [0.05, 0.1) is 16.7 Å². The Morgan fingerprint density at radius 3 is 2.65 bits per heavy atom. The number of benzene rings is 2. The second-order valence-electron chi connectivity index (χ2n) is 7.53. The fourth-order valence-electron chi connectivity index (χ4n) is 3.87. The van der Waals surface area contributed by atoms with Crippen molar-refractivity contribution in [1.29, 1.82) is 0 Å². The number of aryl methyl sites for hydroxylation is 1. The van der Waals surface area contributed by atoms with Crippen molar-refractivity contribution in [1.82, 2.24) is 9.78 Å². The number of hydrogen-bond acceptors (Lipinski definition) is 5. The number of carboxylic acids is 1. The zero-order valence-electron chi connectivity index (χ0n) is 17.4. The van der Waals surface area contributed by atoms with Crippen LogP contribution in [0.5, 0.6) is 0 Å². The fraction of sp³-hybridized carbons (Fsp3) is 0.217. The van der Waals surface area contributed by atoms with Gasteiger partial charge in [-0.15, -0.1) is 0 Å². The number of allylic oxidation sites excluding steroid dienone is 1. The van der Waals surface area contributed by atoms with E-state index in [9.17, 15) is 18.3 Å². The van der Waals surface area contributed by atoms with Crippen LogP contribution in [-0.4, -0.2) is 35.5 Å². The van der Waals surface area contributed by atoms with Crippen molar-refractivity contribution in [3.8, 4) is 0 Å². The van der Waals surface area contributed by atoms with Crippen LogP contribution in [0.4, 0.5) is 0 Å². The minimum absolute atomic E-state index is 0.109. The lowest BCUT2D eigenvalue weighted by atomic mass is 9.91. The minimum atomic E-state index is -3.35. The molecule has 1 heterocycles. The van der Waals surface area contributed by atoms with Crippen LogP contribution < -0.4 is 0 Å². The van der Waals surface area contributed by atoms with Gasteiger partial charge in [-0.05, 0) is 60.9 Å². The van der Waals surface area contributed by atoms with Crippen LogP contribution in [0.2, 0.25) is 0 Å². The molecule has 1 aliphatic carbocycles. The van der Waals surface area contributed by atoms with Gasteiger partial charge >= 0.3 is 5.97 Å². The molecule has 1 unspecified atom stereocenters. The van der Waals surface area contributed by atoms with E-state index in [4.69, 9.17) is 0 Å². The molecule has 2 aromatic carbocycles. The summed E-state index contributed by atoms with van der Waals surface area (Å²) in [5.41, 5.74) is 4.20. The largest absolute Gasteiger partial charge is 0.478 e. The maximum Gasteiger partial charge on any atom is 0.335 e. The number of aromatic nitrogens is 2. The average molecular weight is 455 g/mol. The molecule has 0 saturated heterocycles. The molecule has 0 bridgehead atoms. The van der Waals surface area contributed by atoms with Crippen LogP contribution in [0.25, 0.3) is 4.91 Å². The van der Waals surface area contributed by atoms with Crippen molar-refractivity contribution >= 4 is 32.5 Å². The summed E-state index contributed by atoms with van der Waals surface area (Å²) < 4.78 is 26.2. The summed E-state index contributed by atoms with van der Waals surface area (Å²) in [5.74, 6) is -1.08. The van der Waals surface area contributed by atoms with Gasteiger partial charge in [0.2, 0.25) is 0 Å². The van der Waals surface area contributed by atoms with Gasteiger partial charge in [-0.1, -0.05) is 23.9 Å². The van der Waals surface area contributed by atoms with E-state index in [2.05, 4.69) is 5.10 Å². The molecule has 8 heteroatoms. The minimum Gasteiger partial charge on any atom is -0.478 e. The van der Waals surface area contributed by atoms with Crippen molar-refractivity contribution in [3.63, 3.8) is 0 Å². The lowest BCUT2D eigenvalue weighted by Gasteiger charge is -2.13. The van der Waals surface area contributed by atoms with E-state index in [0.717, 1.165) is 38.6 Å². The first kappa shape index (κ1) is 21.4. The topological polar surface area (TPSA) is 89.3 Å². The number of hydrogen-bond donors (Lipinski definition) is 1. The van der Waals surface area contributed by atoms with Gasteiger partial charge in [-0.25, -0.2) is 13.2 Å². The molecule has 3 aromatic rings. The summed E-state index contributed by atoms with van der Waals surface area (Å²) in [4.78, 5) is 13.5. The zero-order chi connectivity index (χ0) is 22.3. The molecular weight excluding hydrogens is 432 g/mol. The molecule has 1 atom stereocenters. The van der Waals surface area contributed by atoms with Gasteiger partial charge in [0.25, 0.3) is 0 Å². The predicted octanol–water partition coefficient (Wildman–Crippen LogP) is 4.67. The fourth-order valence-corrected chi connectivity index (χ4v) is 5.67. The highest BCUT2D eigenvalue weighted by Crippen LogP contribution is 2.52. The molecule has 0 fully saturated rings. The molecule has 160 valence electrons. The number of sulfone groups is 1. The van der Waals surface area contributed by atoms with Gasteiger partial charge < -0.3 is 5.11 Å². The third kappa shape index (κ3) is 4.05. The first-order chi connectivity index (χ1) is 14.7. The predicted molar refractivity (Wildman–Crippen MR) is 121 cm³/mol. The first-order valence-corrected chi connectivity index (χ1v) is 12.5. The lowest BCUT2D eigenvalue weighted by molar-refractivity contribution is 0.0696. The van der Waals surface area contributed by atoms with Crippen molar-refractivity contribution in [2.45, 2.75) is 36.1 Å². The molecule has 1 aliphatic rings. The number of nitrogens with zero attached hydrogens (tertiary/aromatic N) is 2. The van der Waals surface area contributed by atoms with E-state index in [1.807, 2.05) is 43.1 Å². The molecule has 0 saturated carbocycles. The summed E-state index contributed by atoms with van der Waals surface area (Å²) in [6, 6.07) is 12.1. The van der Waals surface area contributed by atoms with Crippen molar-refractivity contribution in [3.05, 3.63) is 82.7 Å². The van der Waals surface area contributed by atoms with Crippen LogP contribution in [0, 0.1) is 0 Å². The van der Waals surface area contributed by atoms with Gasteiger partial charge in [0, 0.05) is 40.3 Å². The van der Waals surface area contributed by atoms with Crippen molar-refractivity contribution in [2.24, 2.45) is 0 Å². The Bertz CT molecular complexity index is 1320. The Balaban J connectivity index is 1.85. The molecule has 0 radical (unpaired) electrons. The number of fused-ring (bicyclic) bond motifs is 1. The third-order valence-electron chi connectivity index (χ3n) is 5.41. The molecule has 0 spiro atoms. The Labute approximate surface area is 185 Å². The van der Waals surface area contributed by atoms with Gasteiger partial charge in [0.1, 0.15) is 0 Å². The monoisotopic (exact) mass is 454 g/mol. The van der Waals surface area contributed by atoms with Gasteiger partial charge in [0.15, 0.2) is 9.84 Å². The zero-order valence-corrected chi connectivity index (χ0v) is 19.0. The maximum atomic E-state index is 12.2. The number of carbonyl (C=O) groups is 1. The SMILES string of the molecule is CCn1cc(C2C(C)=C(Sc3cccc(C(=O)O)c3)c3ccc(S(C)(=O)=O)cc32)cn1. The second-order valence-corrected chi connectivity index (χ2v) is 10.6. The molecule has 6 nitrogen and oxygen atoms in total. The lowest BCUT2D eigenvalue weighted by Crippen LogP contribution is -2.02. The van der Waals surface area contributed by atoms with E-state index in [1.54, 1.807) is 30.3 Å². The number of aromatic carboxylic acids is 1. The van der Waals surface area contributed by atoms with E-state index < -0.39 is 15.8 Å². The number of carboxylic acid groups (broad SMARTS) is 1. The van der Waals surface area contributed by atoms with Crippen molar-refractivity contribution in [2.75, 3.05) is 6.26 Å². The highest BCUT2D eigenvalue weighted by molar-refractivity contribution is 8.08. The van der Waals surface area contributed by atoms with E-state index in [0.29, 0.717) is 0 Å². The highest BCUT2D eigenvalue weighted by Gasteiger charge is 2.32. The molecule has 4 rings (SSSR count). The summed E-state index contributed by atoms with van der Waals surface area (Å²) >= 11 is 1.50. The van der Waals surface area contributed by atoms with Crippen LogP contribution in [0.3, 0.4) is 0 Å². The van der Waals surface area contributed by atoms with Crippen LogP contribution in [0.15, 0.2) is 70.2 Å². The Morgan fingerprint density at radius 1 is 1.23 bits per heavy atom. The summed E-state index contributed by atoms with van der Waals surface area (Å²) in [5, 5.41) is 13.7. The standard InChI is InChI=1S/C23H22N2O4S2/c1-4-25-13-16(12-24-25)21-14(2)22(30-17-7-5-6-15(10-17)23(26)27)19-9-8-18(11-20(19)21)31(3,28)29/h5-13,21H,4H2,1-3H3,(H,26,27). The average Bonchev–Trinajstić information content (AvgIpc) is 3.30. The third-order valence-corrected chi connectivity index (χ3v) is 7.76. The molecule has 0 aliphatic heterocycles. The molecule has 31 heavy (non-hydrogen) atoms. The Hall–Kier alpha value is -2.84. The molecule has 1 N–H and O–H groups in total. The smallest absolute Gasteiger partial charge is 0.335 e. The first-order valence-electron chi connectivity index (χ1n) is 9.77. The van der Waals surface area contributed by atoms with E-state index >= 15 is 0 Å². The second kappa shape index (κ2) is 8.01. The van der Waals surface area contributed by atoms with Crippen LogP contribution >= 0.6 is 11.8 Å². The molecular formula is C23H22N2O4S2. The van der Waals surface area contributed by atoms with E-state index in [-0.39, 0.29) is 16.4 Å². The Morgan fingerprint density at radius 2 is 2.00 bits per heavy atom. The van der Waals surface area contributed by atoms with Crippen LogP contribution in [0.1, 0.15) is 46.8 Å². The van der Waals surface area contributed by atoms with Gasteiger partial charge in [-0.2, -0.15) is 5.10 Å². The van der Waals surface area contributed by atoms with E-state index in [1.165, 1.54) is 18.0 Å². The molecule has 0 amide bonds. The highest BCUT2D eigenvalue weighted by atomic mass is 32.2. The number of rotatable bonds is 6. The van der Waals surface area contributed by atoms with Crippen molar-refractivity contribution < 1.29 is 18.3 Å².